The number of carbonyl (C=O) groups is 3. The van der Waals surface area contributed by atoms with Crippen molar-refractivity contribution in [1.82, 2.24) is 5.16 Å². The zero-order chi connectivity index (χ0) is 22.1. The highest BCUT2D eigenvalue weighted by molar-refractivity contribution is 8.00. The smallest absolute Gasteiger partial charge is 0.323 e. The van der Waals surface area contributed by atoms with Crippen molar-refractivity contribution in [3.63, 3.8) is 0 Å². The van der Waals surface area contributed by atoms with Gasteiger partial charge in [0.2, 0.25) is 11.8 Å². The summed E-state index contributed by atoms with van der Waals surface area (Å²) in [5.41, 5.74) is 1.86. The van der Waals surface area contributed by atoms with E-state index in [0.717, 1.165) is 0 Å². The number of nitrogens with zero attached hydrogens (tertiary/aromatic N) is 1. The highest BCUT2D eigenvalue weighted by Crippen LogP contribution is 2.15. The third-order valence-corrected chi connectivity index (χ3v) is 4.75. The van der Waals surface area contributed by atoms with Crippen molar-refractivity contribution in [2.24, 2.45) is 0 Å². The van der Waals surface area contributed by atoms with E-state index in [2.05, 4.69) is 26.4 Å². The molecule has 1 aromatic heterocycles. The van der Waals surface area contributed by atoms with E-state index in [0.29, 0.717) is 28.6 Å². The SMILES string of the molecule is Cc1cc(NC(=O)CSCC(=O)Nc2ccc(NC(=O)Nc3ccccc3)cc2)no1. The molecule has 4 N–H and O–H groups in total. The zero-order valence-corrected chi connectivity index (χ0v) is 17.5. The summed E-state index contributed by atoms with van der Waals surface area (Å²) in [4.78, 5) is 35.9. The number of urea groups is 1. The number of benzene rings is 2. The van der Waals surface area contributed by atoms with Crippen LogP contribution in [0.5, 0.6) is 0 Å². The number of anilines is 4. The molecule has 160 valence electrons. The molecule has 0 spiro atoms. The van der Waals surface area contributed by atoms with Gasteiger partial charge < -0.3 is 25.8 Å². The van der Waals surface area contributed by atoms with Crippen LogP contribution < -0.4 is 21.3 Å². The van der Waals surface area contributed by atoms with E-state index in [-0.39, 0.29) is 29.4 Å². The van der Waals surface area contributed by atoms with E-state index in [1.54, 1.807) is 49.4 Å². The maximum Gasteiger partial charge on any atom is 0.323 e. The molecule has 0 saturated carbocycles. The first-order valence-electron chi connectivity index (χ1n) is 9.32. The van der Waals surface area contributed by atoms with E-state index in [1.807, 2.05) is 18.2 Å². The first kappa shape index (κ1) is 21.9. The van der Waals surface area contributed by atoms with Crippen LogP contribution in [0, 0.1) is 6.92 Å². The fourth-order valence-electron chi connectivity index (χ4n) is 2.49. The molecular formula is C21H21N5O4S. The highest BCUT2D eigenvalue weighted by Gasteiger charge is 2.09. The van der Waals surface area contributed by atoms with Crippen LogP contribution in [0.25, 0.3) is 0 Å². The number of amides is 4. The summed E-state index contributed by atoms with van der Waals surface area (Å²) in [7, 11) is 0. The highest BCUT2D eigenvalue weighted by atomic mass is 32.2. The second-order valence-electron chi connectivity index (χ2n) is 6.43. The molecule has 0 saturated heterocycles. The Bertz CT molecular complexity index is 1040. The third kappa shape index (κ3) is 7.52. The lowest BCUT2D eigenvalue weighted by molar-refractivity contribution is -0.114. The lowest BCUT2D eigenvalue weighted by Gasteiger charge is -2.09. The molecule has 0 bridgehead atoms. The molecule has 1 heterocycles. The molecule has 0 aliphatic heterocycles. The first-order chi connectivity index (χ1) is 15.0. The van der Waals surface area contributed by atoms with Crippen LogP contribution in [0.15, 0.2) is 65.2 Å². The van der Waals surface area contributed by atoms with Crippen LogP contribution in [0.1, 0.15) is 5.76 Å². The van der Waals surface area contributed by atoms with Crippen molar-refractivity contribution in [2.75, 3.05) is 32.8 Å². The number of carbonyl (C=O) groups excluding carboxylic acids is 3. The van der Waals surface area contributed by atoms with Gasteiger partial charge in [-0.25, -0.2) is 4.79 Å². The Morgan fingerprint density at radius 3 is 1.94 bits per heavy atom. The largest absolute Gasteiger partial charge is 0.360 e. The summed E-state index contributed by atoms with van der Waals surface area (Å²) in [6.07, 6.45) is 0. The Morgan fingerprint density at radius 2 is 1.35 bits per heavy atom. The van der Waals surface area contributed by atoms with Crippen LogP contribution in [0.4, 0.5) is 27.7 Å². The molecule has 0 atom stereocenters. The molecule has 10 heteroatoms. The number of thioether (sulfide) groups is 1. The summed E-state index contributed by atoms with van der Waals surface area (Å²) in [5.74, 6) is 0.663. The van der Waals surface area contributed by atoms with Crippen LogP contribution in [-0.4, -0.2) is 34.5 Å². The monoisotopic (exact) mass is 439 g/mol. The van der Waals surface area contributed by atoms with Gasteiger partial charge in [0, 0.05) is 23.1 Å². The van der Waals surface area contributed by atoms with Crippen molar-refractivity contribution >= 4 is 52.5 Å². The Labute approximate surface area is 183 Å². The van der Waals surface area contributed by atoms with Crippen LogP contribution in [0.2, 0.25) is 0 Å². The Hall–Kier alpha value is -3.79. The Balaban J connectivity index is 1.37. The minimum atomic E-state index is -0.363. The van der Waals surface area contributed by atoms with Gasteiger partial charge in [0.1, 0.15) is 5.76 Å². The van der Waals surface area contributed by atoms with E-state index in [1.165, 1.54) is 11.8 Å². The minimum Gasteiger partial charge on any atom is -0.360 e. The van der Waals surface area contributed by atoms with E-state index in [4.69, 9.17) is 4.52 Å². The maximum absolute atomic E-state index is 12.1. The molecule has 4 amide bonds. The number of hydrogen-bond acceptors (Lipinski definition) is 6. The standard InChI is InChI=1S/C21H21N5O4S/c1-14-11-18(26-30-14)25-20(28)13-31-12-19(27)22-16-7-9-17(10-8-16)24-21(29)23-15-5-3-2-4-6-15/h2-11H,12-13H2,1H3,(H,22,27)(H2,23,24,29)(H,25,26,28). The topological polar surface area (TPSA) is 125 Å². The lowest BCUT2D eigenvalue weighted by Crippen LogP contribution is -2.19. The maximum atomic E-state index is 12.1. The molecule has 3 rings (SSSR count). The van der Waals surface area contributed by atoms with Gasteiger partial charge in [-0.2, -0.15) is 0 Å². The second-order valence-corrected chi connectivity index (χ2v) is 7.42. The molecule has 0 unspecified atom stereocenters. The quantitative estimate of drug-likeness (QED) is 0.421. The first-order valence-corrected chi connectivity index (χ1v) is 10.5. The summed E-state index contributed by atoms with van der Waals surface area (Å²) < 4.78 is 4.87. The third-order valence-electron chi connectivity index (χ3n) is 3.82. The number of para-hydroxylation sites is 1. The predicted octanol–water partition coefficient (Wildman–Crippen LogP) is 3.94. The molecule has 0 fully saturated rings. The van der Waals surface area contributed by atoms with Crippen molar-refractivity contribution in [1.29, 1.82) is 0 Å². The Kier molecular flexibility index (Phi) is 7.66. The van der Waals surface area contributed by atoms with Crippen molar-refractivity contribution in [3.8, 4) is 0 Å². The lowest BCUT2D eigenvalue weighted by atomic mass is 10.3. The normalized spacial score (nSPS) is 10.2. The van der Waals surface area contributed by atoms with E-state index >= 15 is 0 Å². The summed E-state index contributed by atoms with van der Waals surface area (Å²) in [5, 5.41) is 14.4. The van der Waals surface area contributed by atoms with Crippen LogP contribution in [0.3, 0.4) is 0 Å². The molecule has 0 aliphatic carbocycles. The van der Waals surface area contributed by atoms with E-state index < -0.39 is 0 Å². The molecular weight excluding hydrogens is 418 g/mol. The number of nitrogens with one attached hydrogen (secondary N) is 4. The van der Waals surface area contributed by atoms with Gasteiger partial charge in [-0.15, -0.1) is 11.8 Å². The Morgan fingerprint density at radius 1 is 0.806 bits per heavy atom. The summed E-state index contributed by atoms with van der Waals surface area (Å²) in [6, 6.07) is 17.1. The van der Waals surface area contributed by atoms with Crippen LogP contribution >= 0.6 is 11.8 Å². The van der Waals surface area contributed by atoms with Gasteiger partial charge in [-0.05, 0) is 43.3 Å². The predicted molar refractivity (Wildman–Crippen MR) is 121 cm³/mol. The second kappa shape index (κ2) is 10.8. The van der Waals surface area contributed by atoms with Crippen molar-refractivity contribution < 1.29 is 18.9 Å². The van der Waals surface area contributed by atoms with Gasteiger partial charge in [0.25, 0.3) is 0 Å². The van der Waals surface area contributed by atoms with Gasteiger partial charge in [-0.3, -0.25) is 9.59 Å². The van der Waals surface area contributed by atoms with Gasteiger partial charge in [0.05, 0.1) is 11.5 Å². The average molecular weight is 439 g/mol. The minimum absolute atomic E-state index is 0.110. The zero-order valence-electron chi connectivity index (χ0n) is 16.7. The van der Waals surface area contributed by atoms with Gasteiger partial charge in [-0.1, -0.05) is 23.4 Å². The fourth-order valence-corrected chi connectivity index (χ4v) is 3.11. The number of rotatable bonds is 8. The molecule has 31 heavy (non-hydrogen) atoms. The summed E-state index contributed by atoms with van der Waals surface area (Å²) in [6.45, 7) is 1.73. The summed E-state index contributed by atoms with van der Waals surface area (Å²) >= 11 is 1.18. The fraction of sp³-hybridized carbons (Fsp3) is 0.143. The number of aryl methyl sites for hydroxylation is 1. The average Bonchev–Trinajstić information content (AvgIpc) is 3.14. The van der Waals surface area contributed by atoms with Crippen molar-refractivity contribution in [3.05, 3.63) is 66.4 Å². The number of hydrogen-bond donors (Lipinski definition) is 4. The number of aromatic nitrogens is 1. The van der Waals surface area contributed by atoms with E-state index in [9.17, 15) is 14.4 Å². The van der Waals surface area contributed by atoms with Gasteiger partial charge in [0.15, 0.2) is 5.82 Å². The molecule has 2 aromatic carbocycles. The molecule has 0 radical (unpaired) electrons. The van der Waals surface area contributed by atoms with Crippen molar-refractivity contribution in [2.45, 2.75) is 6.92 Å². The molecule has 3 aromatic rings. The van der Waals surface area contributed by atoms with Gasteiger partial charge >= 0.3 is 6.03 Å². The molecule has 0 aliphatic rings. The molecule has 9 nitrogen and oxygen atoms in total. The van der Waals surface area contributed by atoms with Crippen LogP contribution in [-0.2, 0) is 9.59 Å².